The summed E-state index contributed by atoms with van der Waals surface area (Å²) in [6.45, 7) is 0. The first kappa shape index (κ1) is 26.4. The zero-order valence-corrected chi connectivity index (χ0v) is 17.8. The molecule has 0 unspecified atom stereocenters. The van der Waals surface area contributed by atoms with Crippen molar-refractivity contribution in [2.24, 2.45) is 0 Å². The molecule has 0 amide bonds. The van der Waals surface area contributed by atoms with Crippen LogP contribution in [0.3, 0.4) is 0 Å². The Morgan fingerprint density at radius 1 is 0.812 bits per heavy atom. The number of thiocarbonyl (C=S) groups is 2. The Bertz CT molecular complexity index is 158. The molecule has 0 aromatic carbocycles. The summed E-state index contributed by atoms with van der Waals surface area (Å²) < 4.78 is 1.02. The summed E-state index contributed by atoms with van der Waals surface area (Å²) in [5.74, 6) is 0. The van der Waals surface area contributed by atoms with Crippen LogP contribution in [0.2, 0.25) is 0 Å². The Hall–Kier alpha value is 1.83. The summed E-state index contributed by atoms with van der Waals surface area (Å²) in [7, 11) is 11.5. The molecular formula is C6H12N2S7W-4. The molecule has 0 N–H and O–H groups in total. The Morgan fingerprint density at radius 2 is 0.875 bits per heavy atom. The average molecular weight is 520 g/mol. The van der Waals surface area contributed by atoms with E-state index in [1.807, 2.05) is 28.2 Å². The molecular weight excluding hydrogens is 508 g/mol. The molecule has 0 atom stereocenters. The monoisotopic (exact) mass is 520 g/mol. The van der Waals surface area contributed by atoms with E-state index in [0.717, 1.165) is 0 Å². The van der Waals surface area contributed by atoms with E-state index in [-0.39, 0.29) is 0 Å². The molecule has 0 saturated carbocycles. The number of hydrogen-bond acceptors (Lipinski definition) is 7. The van der Waals surface area contributed by atoms with Crippen LogP contribution in [0.15, 0.2) is 0 Å². The van der Waals surface area contributed by atoms with Gasteiger partial charge in [0.05, 0.1) is 0 Å². The molecule has 0 aliphatic carbocycles. The van der Waals surface area contributed by atoms with Crippen LogP contribution >= 0.6 is 34.3 Å². The molecule has 0 saturated heterocycles. The second-order valence-corrected chi connectivity index (χ2v) is 4.38. The van der Waals surface area contributed by atoms with Crippen LogP contribution in [-0.2, 0) is 66.6 Å². The number of rotatable bonds is 0. The van der Waals surface area contributed by atoms with Gasteiger partial charge in [-0.1, -0.05) is 8.64 Å². The molecule has 0 heterocycles. The van der Waals surface area contributed by atoms with Crippen molar-refractivity contribution in [3.8, 4) is 0 Å². The number of nitrogens with zero attached hydrogens (tertiary/aromatic N) is 2. The van der Waals surface area contributed by atoms with Crippen molar-refractivity contribution in [1.82, 2.24) is 9.80 Å². The van der Waals surface area contributed by atoms with Crippen LogP contribution in [0.4, 0.5) is 0 Å². The van der Waals surface area contributed by atoms with Crippen LogP contribution in [0.25, 0.3) is 0 Å². The summed E-state index contributed by atoms with van der Waals surface area (Å²) >= 11 is 26.7. The molecule has 0 aliphatic heterocycles. The Morgan fingerprint density at radius 3 is 0.875 bits per heavy atom. The second kappa shape index (κ2) is 22.0. The summed E-state index contributed by atoms with van der Waals surface area (Å²) in [5.41, 5.74) is 0. The van der Waals surface area contributed by atoms with E-state index in [4.69, 9.17) is 0 Å². The van der Waals surface area contributed by atoms with Crippen molar-refractivity contribution in [2.45, 2.75) is 0 Å². The summed E-state index contributed by atoms with van der Waals surface area (Å²) in [4.78, 5) is 3.43. The van der Waals surface area contributed by atoms with Crippen LogP contribution < -0.4 is 0 Å². The minimum atomic E-state index is 0.509. The van der Waals surface area contributed by atoms with Crippen LogP contribution in [-0.4, -0.2) is 46.6 Å². The summed E-state index contributed by atoms with van der Waals surface area (Å²) in [6, 6.07) is 0. The SMILES string of the molecule is CN(C)C(=S)[S-].CN(C)C(=S)[S-].[S-][S-].[S]=[W]. The van der Waals surface area contributed by atoms with Gasteiger partial charge in [0, 0.05) is 28.2 Å². The molecule has 10 heteroatoms. The normalized spacial score (nSPS) is 6.38. The molecule has 2 nitrogen and oxygen atoms in total. The van der Waals surface area contributed by atoms with Gasteiger partial charge in [0.25, 0.3) is 0 Å². The van der Waals surface area contributed by atoms with E-state index in [2.05, 4.69) is 82.8 Å². The van der Waals surface area contributed by atoms with Gasteiger partial charge >= 0.3 is 27.8 Å². The Kier molecular flexibility index (Phi) is 36.4. The van der Waals surface area contributed by atoms with Crippen molar-refractivity contribution in [1.29, 1.82) is 0 Å². The fourth-order valence-electron chi connectivity index (χ4n) is 0. The van der Waals surface area contributed by atoms with E-state index >= 15 is 0 Å². The van der Waals surface area contributed by atoms with Crippen molar-refractivity contribution in [3.63, 3.8) is 0 Å². The zero-order valence-electron chi connectivity index (χ0n) is 9.16. The van der Waals surface area contributed by atoms with Gasteiger partial charge in [-0.25, -0.2) is 0 Å². The standard InChI is InChI=1S/2C3H7NS2.S2.S.W/c2*1-4(2)3(5)6;1-2;;/h2*1-2H3,(H,5,6);;;/q;;-2;;/p-2. The molecule has 0 aromatic rings. The fourth-order valence-corrected chi connectivity index (χ4v) is 0. The first-order chi connectivity index (χ1) is 7.29. The van der Waals surface area contributed by atoms with E-state index in [0.29, 0.717) is 8.64 Å². The van der Waals surface area contributed by atoms with Gasteiger partial charge in [0.15, 0.2) is 0 Å². The first-order valence-corrected chi connectivity index (χ1v) is 10.3. The van der Waals surface area contributed by atoms with Crippen LogP contribution in [0, 0.1) is 0 Å². The zero-order chi connectivity index (χ0) is 14.3. The van der Waals surface area contributed by atoms with Crippen molar-refractivity contribution < 1.29 is 18.0 Å². The van der Waals surface area contributed by atoms with E-state index < -0.39 is 0 Å². The van der Waals surface area contributed by atoms with Crippen LogP contribution in [0.5, 0.6) is 0 Å². The van der Waals surface area contributed by atoms with Gasteiger partial charge in [-0.15, -0.1) is 0 Å². The molecule has 0 fully saturated rings. The van der Waals surface area contributed by atoms with Gasteiger partial charge in [-0.05, 0) is 0 Å². The van der Waals surface area contributed by atoms with Gasteiger partial charge in [-0.3, -0.25) is 0 Å². The molecule has 98 valence electrons. The molecule has 0 aromatic heterocycles. The van der Waals surface area contributed by atoms with Crippen molar-refractivity contribution in [2.75, 3.05) is 28.2 Å². The third kappa shape index (κ3) is 36.0. The first-order valence-electron chi connectivity index (χ1n) is 3.39. The Balaban J connectivity index is -0.0000000686. The van der Waals surface area contributed by atoms with E-state index in [1.54, 1.807) is 9.80 Å². The molecule has 0 bridgehead atoms. The van der Waals surface area contributed by atoms with E-state index in [1.165, 1.54) is 18.0 Å². The molecule has 0 spiro atoms. The maximum absolute atomic E-state index is 4.56. The predicted octanol–water partition coefficient (Wildman–Crippen LogP) is 1.40. The average Bonchev–Trinajstić information content (AvgIpc) is 2.24. The Labute approximate surface area is 146 Å². The van der Waals surface area contributed by atoms with Gasteiger partial charge < -0.3 is 82.8 Å². The van der Waals surface area contributed by atoms with Gasteiger partial charge in [0.1, 0.15) is 0 Å². The quantitative estimate of drug-likeness (QED) is 0.264. The topological polar surface area (TPSA) is 6.48 Å². The maximum atomic E-state index is 4.56. The minimum absolute atomic E-state index is 0.509. The fraction of sp³-hybridized carbons (Fsp3) is 0.667. The summed E-state index contributed by atoms with van der Waals surface area (Å²) in [5, 5.41) is 0. The van der Waals surface area contributed by atoms with Gasteiger partial charge in [-0.2, -0.15) is 0 Å². The van der Waals surface area contributed by atoms with Gasteiger partial charge in [0.2, 0.25) is 0 Å². The molecule has 0 radical (unpaired) electrons. The molecule has 0 aliphatic rings. The number of hydrogen-bond donors (Lipinski definition) is 0. The molecule has 0 rings (SSSR count). The predicted molar refractivity (Wildman–Crippen MR) is 89.6 cm³/mol. The van der Waals surface area contributed by atoms with Crippen LogP contribution in [0.1, 0.15) is 0 Å². The van der Waals surface area contributed by atoms with E-state index in [9.17, 15) is 0 Å². The third-order valence-electron chi connectivity index (χ3n) is 0.730. The van der Waals surface area contributed by atoms with Crippen molar-refractivity contribution in [3.05, 3.63) is 0 Å². The second-order valence-electron chi connectivity index (χ2n) is 2.32. The molecule has 16 heavy (non-hydrogen) atoms. The third-order valence-corrected chi connectivity index (χ3v) is 2.19. The van der Waals surface area contributed by atoms with Crippen molar-refractivity contribution >= 4 is 91.5 Å². The summed E-state index contributed by atoms with van der Waals surface area (Å²) in [6.07, 6.45) is 0.